The Kier molecular flexibility index (Phi) is 5.06. The quantitative estimate of drug-likeness (QED) is 0.647. The van der Waals surface area contributed by atoms with Crippen LogP contribution in [0.3, 0.4) is 0 Å². The number of aliphatic hydroxyl groups excluding tert-OH is 1. The molecule has 1 aromatic carbocycles. The summed E-state index contributed by atoms with van der Waals surface area (Å²) in [4.78, 5) is 9.82. The third kappa shape index (κ3) is 3.66. The van der Waals surface area contributed by atoms with E-state index in [4.69, 9.17) is 28.3 Å². The number of nitrogens with zero attached hydrogens (tertiary/aromatic N) is 1. The first-order valence-corrected chi connectivity index (χ1v) is 5.42. The van der Waals surface area contributed by atoms with E-state index >= 15 is 0 Å². The molecule has 0 radical (unpaired) electrons. The standard InChI is InChI=1S/C9H8Cl2F2N2O3/c10-5-1-4(15(17)18)2-6(11)8(5)14-3-7(16)9(12)13/h1-2,7,9,14,16H,3H2. The molecule has 0 fully saturated rings. The van der Waals surface area contributed by atoms with E-state index < -0.39 is 24.0 Å². The largest absolute Gasteiger partial charge is 0.385 e. The Morgan fingerprint density at radius 2 is 1.89 bits per heavy atom. The van der Waals surface area contributed by atoms with Crippen LogP contribution in [0.15, 0.2) is 12.1 Å². The summed E-state index contributed by atoms with van der Waals surface area (Å²) in [6.07, 6.45) is -4.79. The first kappa shape index (κ1) is 14.9. The molecule has 2 N–H and O–H groups in total. The third-order valence-corrected chi connectivity index (χ3v) is 2.61. The maximum atomic E-state index is 12.1. The Labute approximate surface area is 110 Å². The molecule has 5 nitrogen and oxygen atoms in total. The van der Waals surface area contributed by atoms with Gasteiger partial charge < -0.3 is 10.4 Å². The van der Waals surface area contributed by atoms with Crippen molar-refractivity contribution in [1.82, 2.24) is 0 Å². The smallest absolute Gasteiger partial charge is 0.272 e. The predicted molar refractivity (Wildman–Crippen MR) is 63.6 cm³/mol. The summed E-state index contributed by atoms with van der Waals surface area (Å²) in [5, 5.41) is 21.6. The molecule has 1 atom stereocenters. The number of hydrogen-bond acceptors (Lipinski definition) is 4. The second-order valence-corrected chi connectivity index (χ2v) is 4.14. The number of hydrogen-bond donors (Lipinski definition) is 2. The average Bonchev–Trinajstić information content (AvgIpc) is 2.26. The number of aliphatic hydroxyl groups is 1. The minimum Gasteiger partial charge on any atom is -0.385 e. The number of halogens is 4. The van der Waals surface area contributed by atoms with Gasteiger partial charge in [0.25, 0.3) is 12.1 Å². The summed E-state index contributed by atoms with van der Waals surface area (Å²) in [6, 6.07) is 2.06. The number of non-ortho nitro benzene ring substituents is 1. The monoisotopic (exact) mass is 300 g/mol. The number of nitro benzene ring substituents is 1. The molecule has 0 spiro atoms. The molecule has 1 rings (SSSR count). The van der Waals surface area contributed by atoms with Crippen LogP contribution in [0.25, 0.3) is 0 Å². The van der Waals surface area contributed by atoms with Crippen LogP contribution in [0, 0.1) is 10.1 Å². The second-order valence-electron chi connectivity index (χ2n) is 3.32. The Balaban J connectivity index is 2.87. The van der Waals surface area contributed by atoms with Gasteiger partial charge in [0.1, 0.15) is 6.10 Å². The summed E-state index contributed by atoms with van der Waals surface area (Å²) in [7, 11) is 0. The van der Waals surface area contributed by atoms with E-state index in [1.54, 1.807) is 0 Å². The highest BCUT2D eigenvalue weighted by Gasteiger charge is 2.19. The average molecular weight is 301 g/mol. The van der Waals surface area contributed by atoms with Gasteiger partial charge in [-0.2, -0.15) is 0 Å². The molecule has 0 amide bonds. The highest BCUT2D eigenvalue weighted by molar-refractivity contribution is 6.39. The van der Waals surface area contributed by atoms with Crippen LogP contribution in [-0.4, -0.2) is 29.1 Å². The van der Waals surface area contributed by atoms with Gasteiger partial charge in [0, 0.05) is 18.7 Å². The van der Waals surface area contributed by atoms with Crippen molar-refractivity contribution in [2.45, 2.75) is 12.5 Å². The van der Waals surface area contributed by atoms with Gasteiger partial charge >= 0.3 is 0 Å². The molecular weight excluding hydrogens is 293 g/mol. The number of alkyl halides is 2. The molecule has 1 unspecified atom stereocenters. The zero-order valence-corrected chi connectivity index (χ0v) is 10.3. The molecule has 0 saturated carbocycles. The Morgan fingerprint density at radius 3 is 2.28 bits per heavy atom. The number of anilines is 1. The van der Waals surface area contributed by atoms with E-state index in [1.807, 2.05) is 0 Å². The fourth-order valence-corrected chi connectivity index (χ4v) is 1.74. The predicted octanol–water partition coefficient (Wildman–Crippen LogP) is 2.94. The Hall–Kier alpha value is -1.18. The zero-order valence-electron chi connectivity index (χ0n) is 8.74. The molecule has 1 aromatic rings. The normalized spacial score (nSPS) is 12.6. The summed E-state index contributed by atoms with van der Waals surface area (Å²) >= 11 is 11.4. The van der Waals surface area contributed by atoms with E-state index in [1.165, 1.54) is 0 Å². The first-order valence-electron chi connectivity index (χ1n) is 4.66. The van der Waals surface area contributed by atoms with Crippen LogP contribution in [0.4, 0.5) is 20.2 Å². The Bertz CT molecular complexity index is 436. The molecule has 0 aliphatic heterocycles. The summed E-state index contributed by atoms with van der Waals surface area (Å²) in [5.41, 5.74) is -0.256. The van der Waals surface area contributed by atoms with Gasteiger partial charge in [0.15, 0.2) is 0 Å². The molecular formula is C9H8Cl2F2N2O3. The van der Waals surface area contributed by atoms with E-state index in [0.29, 0.717) is 0 Å². The van der Waals surface area contributed by atoms with Crippen molar-refractivity contribution in [1.29, 1.82) is 0 Å². The molecule has 0 heterocycles. The van der Waals surface area contributed by atoms with Gasteiger partial charge in [0.2, 0.25) is 0 Å². The second kappa shape index (κ2) is 6.12. The van der Waals surface area contributed by atoms with Crippen molar-refractivity contribution < 1.29 is 18.8 Å². The van der Waals surface area contributed by atoms with E-state index in [0.717, 1.165) is 12.1 Å². The van der Waals surface area contributed by atoms with Gasteiger partial charge in [0.05, 0.1) is 20.7 Å². The van der Waals surface area contributed by atoms with Gasteiger partial charge in [-0.05, 0) is 0 Å². The number of nitrogens with one attached hydrogen (secondary N) is 1. The molecule has 0 saturated heterocycles. The lowest BCUT2D eigenvalue weighted by Gasteiger charge is -2.13. The number of benzene rings is 1. The fraction of sp³-hybridized carbons (Fsp3) is 0.333. The van der Waals surface area contributed by atoms with Gasteiger partial charge in [-0.3, -0.25) is 10.1 Å². The third-order valence-electron chi connectivity index (χ3n) is 2.02. The highest BCUT2D eigenvalue weighted by Crippen LogP contribution is 2.34. The van der Waals surface area contributed by atoms with Crippen LogP contribution < -0.4 is 5.32 Å². The lowest BCUT2D eigenvalue weighted by atomic mass is 10.2. The van der Waals surface area contributed by atoms with Crippen molar-refractivity contribution in [3.8, 4) is 0 Å². The number of rotatable bonds is 5. The van der Waals surface area contributed by atoms with Crippen molar-refractivity contribution in [2.24, 2.45) is 0 Å². The molecule has 0 aliphatic carbocycles. The maximum absolute atomic E-state index is 12.1. The van der Waals surface area contributed by atoms with Crippen molar-refractivity contribution in [3.63, 3.8) is 0 Å². The lowest BCUT2D eigenvalue weighted by Crippen LogP contribution is -2.26. The lowest BCUT2D eigenvalue weighted by molar-refractivity contribution is -0.384. The molecule has 9 heteroatoms. The van der Waals surface area contributed by atoms with Gasteiger partial charge in [-0.1, -0.05) is 23.2 Å². The Morgan fingerprint density at radius 1 is 1.39 bits per heavy atom. The maximum Gasteiger partial charge on any atom is 0.272 e. The fourth-order valence-electron chi connectivity index (χ4n) is 1.13. The van der Waals surface area contributed by atoms with Crippen molar-refractivity contribution >= 4 is 34.6 Å². The minimum absolute atomic E-state index is 0.0589. The summed E-state index contributed by atoms with van der Waals surface area (Å²) in [5.74, 6) is 0. The van der Waals surface area contributed by atoms with Crippen molar-refractivity contribution in [2.75, 3.05) is 11.9 Å². The van der Waals surface area contributed by atoms with Crippen LogP contribution in [0.1, 0.15) is 0 Å². The number of nitro groups is 1. The molecule has 0 bridgehead atoms. The molecule has 18 heavy (non-hydrogen) atoms. The summed E-state index contributed by atoms with van der Waals surface area (Å²) in [6.45, 7) is -0.477. The molecule has 0 aliphatic rings. The van der Waals surface area contributed by atoms with E-state index in [-0.39, 0.29) is 21.4 Å². The van der Waals surface area contributed by atoms with E-state index in [9.17, 15) is 18.9 Å². The van der Waals surface area contributed by atoms with Gasteiger partial charge in [-0.25, -0.2) is 8.78 Å². The molecule has 0 aromatic heterocycles. The minimum atomic E-state index is -2.91. The van der Waals surface area contributed by atoms with Gasteiger partial charge in [-0.15, -0.1) is 0 Å². The van der Waals surface area contributed by atoms with Crippen LogP contribution >= 0.6 is 23.2 Å². The van der Waals surface area contributed by atoms with Crippen molar-refractivity contribution in [3.05, 3.63) is 32.3 Å². The molecule has 100 valence electrons. The first-order chi connectivity index (χ1) is 8.32. The SMILES string of the molecule is O=[N+]([O-])c1cc(Cl)c(NCC(O)C(F)F)c(Cl)c1. The van der Waals surface area contributed by atoms with Crippen LogP contribution in [0.2, 0.25) is 10.0 Å². The topological polar surface area (TPSA) is 75.4 Å². The summed E-state index contributed by atoms with van der Waals surface area (Å²) < 4.78 is 24.1. The zero-order chi connectivity index (χ0) is 13.9. The highest BCUT2D eigenvalue weighted by atomic mass is 35.5. The van der Waals surface area contributed by atoms with Crippen LogP contribution in [0.5, 0.6) is 0 Å². The van der Waals surface area contributed by atoms with Crippen LogP contribution in [-0.2, 0) is 0 Å². The van der Waals surface area contributed by atoms with E-state index in [2.05, 4.69) is 5.32 Å².